The van der Waals surface area contributed by atoms with Gasteiger partial charge in [-0.05, 0) is 47.8 Å². The summed E-state index contributed by atoms with van der Waals surface area (Å²) >= 11 is 0. The van der Waals surface area contributed by atoms with Gasteiger partial charge in [0.15, 0.2) is 0 Å². The van der Waals surface area contributed by atoms with Crippen molar-refractivity contribution in [2.75, 3.05) is 6.54 Å². The van der Waals surface area contributed by atoms with Gasteiger partial charge in [-0.15, -0.1) is 0 Å². The van der Waals surface area contributed by atoms with Gasteiger partial charge < -0.3 is 5.32 Å². The van der Waals surface area contributed by atoms with Gasteiger partial charge in [-0.3, -0.25) is 0 Å². The predicted molar refractivity (Wildman–Crippen MR) is 83.5 cm³/mol. The molecule has 0 aliphatic heterocycles. The molecule has 106 valence electrons. The summed E-state index contributed by atoms with van der Waals surface area (Å²) in [6, 6.07) is 9.52. The second-order valence-corrected chi connectivity index (χ2v) is 7.34. The lowest BCUT2D eigenvalue weighted by Crippen LogP contribution is -2.34. The van der Waals surface area contributed by atoms with Crippen LogP contribution in [-0.4, -0.2) is 6.54 Å². The number of rotatable bonds is 3. The first-order valence-electron chi connectivity index (χ1n) is 7.72. The van der Waals surface area contributed by atoms with E-state index in [9.17, 15) is 0 Å². The molecule has 3 unspecified atom stereocenters. The first-order chi connectivity index (χ1) is 8.89. The van der Waals surface area contributed by atoms with E-state index in [1.807, 2.05) is 0 Å². The van der Waals surface area contributed by atoms with Crippen molar-refractivity contribution in [2.45, 2.75) is 59.4 Å². The van der Waals surface area contributed by atoms with Crippen LogP contribution < -0.4 is 5.32 Å². The third-order valence-electron chi connectivity index (χ3n) is 4.94. The van der Waals surface area contributed by atoms with Crippen LogP contribution in [0.5, 0.6) is 0 Å². The molecule has 1 aromatic carbocycles. The molecule has 1 N–H and O–H groups in total. The summed E-state index contributed by atoms with van der Waals surface area (Å²) in [5, 5.41) is 3.80. The molecule has 0 heterocycles. The van der Waals surface area contributed by atoms with Gasteiger partial charge in [0.05, 0.1) is 0 Å². The highest BCUT2D eigenvalue weighted by Gasteiger charge is 2.26. The van der Waals surface area contributed by atoms with Crippen molar-refractivity contribution < 1.29 is 0 Å². The highest BCUT2D eigenvalue weighted by molar-refractivity contribution is 5.34. The van der Waals surface area contributed by atoms with Crippen LogP contribution in [0.2, 0.25) is 0 Å². The molecular formula is C18H29N. The normalized spacial score (nSPS) is 24.9. The number of nitrogens with one attached hydrogen (secondary N) is 1. The van der Waals surface area contributed by atoms with E-state index in [-0.39, 0.29) is 0 Å². The quantitative estimate of drug-likeness (QED) is 0.814. The van der Waals surface area contributed by atoms with Gasteiger partial charge >= 0.3 is 0 Å². The van der Waals surface area contributed by atoms with Crippen molar-refractivity contribution >= 4 is 0 Å². The maximum absolute atomic E-state index is 3.80. The molecule has 1 heteroatoms. The molecule has 0 fully saturated rings. The first-order valence-corrected chi connectivity index (χ1v) is 7.72. The molecule has 0 amide bonds. The molecule has 1 aliphatic carbocycles. The summed E-state index contributed by atoms with van der Waals surface area (Å²) in [6.07, 6.45) is 2.58. The fourth-order valence-corrected chi connectivity index (χ4v) is 2.84. The predicted octanol–water partition coefficient (Wildman–Crippen LogP) is 4.90. The fourth-order valence-electron chi connectivity index (χ4n) is 2.84. The molecular weight excluding hydrogens is 230 g/mol. The Morgan fingerprint density at radius 3 is 2.42 bits per heavy atom. The van der Waals surface area contributed by atoms with Crippen molar-refractivity contribution in [3.8, 4) is 0 Å². The van der Waals surface area contributed by atoms with Crippen LogP contribution in [0.15, 0.2) is 24.3 Å². The lowest BCUT2D eigenvalue weighted by molar-refractivity contribution is 0.241. The number of fused-ring (bicyclic) bond motifs is 1. The molecule has 0 radical (unpaired) electrons. The monoisotopic (exact) mass is 259 g/mol. The summed E-state index contributed by atoms with van der Waals surface area (Å²) in [5.41, 5.74) is 3.46. The van der Waals surface area contributed by atoms with Crippen molar-refractivity contribution in [2.24, 2.45) is 11.3 Å². The van der Waals surface area contributed by atoms with Crippen LogP contribution in [0, 0.1) is 11.3 Å². The van der Waals surface area contributed by atoms with Crippen LogP contribution >= 0.6 is 0 Å². The zero-order valence-corrected chi connectivity index (χ0v) is 13.2. The van der Waals surface area contributed by atoms with E-state index in [1.165, 1.54) is 18.4 Å². The Morgan fingerprint density at radius 1 is 1.16 bits per heavy atom. The van der Waals surface area contributed by atoms with E-state index in [1.54, 1.807) is 5.56 Å². The Morgan fingerprint density at radius 2 is 1.79 bits per heavy atom. The highest BCUT2D eigenvalue weighted by Crippen LogP contribution is 2.37. The molecule has 1 nitrogen and oxygen atoms in total. The Labute approximate surface area is 118 Å². The second-order valence-electron chi connectivity index (χ2n) is 7.34. The summed E-state index contributed by atoms with van der Waals surface area (Å²) < 4.78 is 0. The molecule has 0 saturated heterocycles. The van der Waals surface area contributed by atoms with Crippen LogP contribution in [-0.2, 0) is 0 Å². The maximum Gasteiger partial charge on any atom is 0.0323 e. The second kappa shape index (κ2) is 5.66. The topological polar surface area (TPSA) is 12.0 Å². The molecule has 1 aliphatic rings. The van der Waals surface area contributed by atoms with Gasteiger partial charge in [0.1, 0.15) is 0 Å². The summed E-state index contributed by atoms with van der Waals surface area (Å²) in [5.74, 6) is 1.41. The van der Waals surface area contributed by atoms with Gasteiger partial charge in [0.2, 0.25) is 0 Å². The Balaban J connectivity index is 2.05. The maximum atomic E-state index is 3.80. The standard InChI is InChI=1S/C18H29N/c1-13-10-11-17(16-9-7-6-8-15(13)16)19-12-14(2)18(3,4)5/h6-9,13-14,17,19H,10-12H2,1-5H3. The van der Waals surface area contributed by atoms with Crippen molar-refractivity contribution in [1.82, 2.24) is 5.32 Å². The molecule has 0 bridgehead atoms. The van der Waals surface area contributed by atoms with E-state index in [0.29, 0.717) is 23.3 Å². The molecule has 0 spiro atoms. The van der Waals surface area contributed by atoms with Crippen LogP contribution in [0.3, 0.4) is 0 Å². The average Bonchev–Trinajstić information content (AvgIpc) is 2.37. The minimum atomic E-state index is 0.383. The summed E-state index contributed by atoms with van der Waals surface area (Å²) in [7, 11) is 0. The smallest absolute Gasteiger partial charge is 0.0323 e. The molecule has 3 atom stereocenters. The number of hydrogen-bond donors (Lipinski definition) is 1. The molecule has 0 saturated carbocycles. The number of benzene rings is 1. The summed E-state index contributed by atoms with van der Waals surface area (Å²) in [6.45, 7) is 12.8. The Kier molecular flexibility index (Phi) is 4.35. The van der Waals surface area contributed by atoms with Crippen molar-refractivity contribution in [3.05, 3.63) is 35.4 Å². The Hall–Kier alpha value is -0.820. The van der Waals surface area contributed by atoms with Crippen LogP contribution in [0.25, 0.3) is 0 Å². The molecule has 19 heavy (non-hydrogen) atoms. The largest absolute Gasteiger partial charge is 0.310 e. The minimum absolute atomic E-state index is 0.383. The lowest BCUT2D eigenvalue weighted by atomic mass is 9.79. The third kappa shape index (κ3) is 3.39. The van der Waals surface area contributed by atoms with E-state index < -0.39 is 0 Å². The lowest BCUT2D eigenvalue weighted by Gasteiger charge is -2.33. The van der Waals surface area contributed by atoms with Crippen LogP contribution in [0.4, 0.5) is 0 Å². The molecule has 0 aromatic heterocycles. The SMILES string of the molecule is CC1CCC(NCC(C)C(C)(C)C)c2ccccc21. The zero-order chi connectivity index (χ0) is 14.0. The van der Waals surface area contributed by atoms with Gasteiger partial charge in [-0.25, -0.2) is 0 Å². The van der Waals surface area contributed by atoms with Gasteiger partial charge in [0, 0.05) is 6.04 Å². The first kappa shape index (κ1) is 14.6. The van der Waals surface area contributed by atoms with Gasteiger partial charge in [-0.1, -0.05) is 58.9 Å². The highest BCUT2D eigenvalue weighted by atomic mass is 14.9. The van der Waals surface area contributed by atoms with E-state index in [4.69, 9.17) is 0 Å². The van der Waals surface area contributed by atoms with Crippen LogP contribution in [0.1, 0.15) is 70.5 Å². The van der Waals surface area contributed by atoms with Gasteiger partial charge in [-0.2, -0.15) is 0 Å². The van der Waals surface area contributed by atoms with Gasteiger partial charge in [0.25, 0.3) is 0 Å². The Bertz CT molecular complexity index is 416. The zero-order valence-electron chi connectivity index (χ0n) is 13.2. The molecule has 2 rings (SSSR count). The van der Waals surface area contributed by atoms with E-state index >= 15 is 0 Å². The van der Waals surface area contributed by atoms with Crippen molar-refractivity contribution in [3.63, 3.8) is 0 Å². The fraction of sp³-hybridized carbons (Fsp3) is 0.667. The third-order valence-corrected chi connectivity index (χ3v) is 4.94. The van der Waals surface area contributed by atoms with Crippen molar-refractivity contribution in [1.29, 1.82) is 0 Å². The van der Waals surface area contributed by atoms with E-state index in [0.717, 1.165) is 6.54 Å². The minimum Gasteiger partial charge on any atom is -0.310 e. The summed E-state index contributed by atoms with van der Waals surface area (Å²) in [4.78, 5) is 0. The number of hydrogen-bond acceptors (Lipinski definition) is 1. The molecule has 1 aromatic rings. The average molecular weight is 259 g/mol. The van der Waals surface area contributed by atoms with E-state index in [2.05, 4.69) is 64.2 Å².